The highest BCUT2D eigenvalue weighted by Gasteiger charge is 2.38. The molecule has 0 saturated heterocycles. The largest absolute Gasteiger partial charge is 0.299 e. The summed E-state index contributed by atoms with van der Waals surface area (Å²) in [7, 11) is 0. The molecule has 11 heavy (non-hydrogen) atoms. The standard InChI is InChI=1S/C10H18O/c1-7-5-6-10(3,4)9(11)8(7)2/h7-8H,5-6H2,1-4H3. The minimum atomic E-state index is -0.0497. The van der Waals surface area contributed by atoms with E-state index < -0.39 is 0 Å². The van der Waals surface area contributed by atoms with Gasteiger partial charge in [0.15, 0.2) is 0 Å². The third-order valence-corrected chi connectivity index (χ3v) is 3.16. The van der Waals surface area contributed by atoms with Gasteiger partial charge in [0.05, 0.1) is 0 Å². The highest BCUT2D eigenvalue weighted by molar-refractivity contribution is 5.86. The molecule has 1 aliphatic rings. The summed E-state index contributed by atoms with van der Waals surface area (Å²) in [5.41, 5.74) is -0.0497. The van der Waals surface area contributed by atoms with Crippen molar-refractivity contribution < 1.29 is 4.79 Å². The lowest BCUT2D eigenvalue weighted by atomic mass is 9.67. The molecule has 0 aliphatic heterocycles. The van der Waals surface area contributed by atoms with Crippen LogP contribution in [0.2, 0.25) is 0 Å². The molecular weight excluding hydrogens is 136 g/mol. The molecule has 0 aromatic rings. The van der Waals surface area contributed by atoms with Crippen molar-refractivity contribution in [2.45, 2.75) is 40.5 Å². The number of carbonyl (C=O) groups is 1. The zero-order valence-corrected chi connectivity index (χ0v) is 7.98. The maximum atomic E-state index is 11.7. The van der Waals surface area contributed by atoms with Gasteiger partial charge in [-0.1, -0.05) is 27.7 Å². The smallest absolute Gasteiger partial charge is 0.141 e. The molecule has 64 valence electrons. The predicted molar refractivity (Wildman–Crippen MR) is 46.4 cm³/mol. The van der Waals surface area contributed by atoms with Crippen LogP contribution in [-0.4, -0.2) is 5.78 Å². The van der Waals surface area contributed by atoms with E-state index in [0.29, 0.717) is 11.7 Å². The van der Waals surface area contributed by atoms with E-state index in [1.54, 1.807) is 0 Å². The molecule has 0 aromatic carbocycles. The van der Waals surface area contributed by atoms with Crippen molar-refractivity contribution in [2.75, 3.05) is 0 Å². The van der Waals surface area contributed by atoms with Crippen molar-refractivity contribution in [2.24, 2.45) is 17.3 Å². The van der Waals surface area contributed by atoms with Crippen LogP contribution < -0.4 is 0 Å². The molecule has 2 unspecified atom stereocenters. The van der Waals surface area contributed by atoms with Gasteiger partial charge in [0, 0.05) is 11.3 Å². The molecule has 0 radical (unpaired) electrons. The van der Waals surface area contributed by atoms with Crippen molar-refractivity contribution in [3.05, 3.63) is 0 Å². The lowest BCUT2D eigenvalue weighted by Gasteiger charge is -2.35. The quantitative estimate of drug-likeness (QED) is 0.524. The van der Waals surface area contributed by atoms with Crippen LogP contribution >= 0.6 is 0 Å². The molecule has 1 nitrogen and oxygen atoms in total. The second-order valence-corrected chi connectivity index (χ2v) is 4.55. The number of carbonyl (C=O) groups excluding carboxylic acids is 1. The average Bonchev–Trinajstić information content (AvgIpc) is 1.95. The molecular formula is C10H18O. The second kappa shape index (κ2) is 2.62. The van der Waals surface area contributed by atoms with E-state index in [0.717, 1.165) is 6.42 Å². The molecule has 1 aliphatic carbocycles. The maximum Gasteiger partial charge on any atom is 0.141 e. The number of ketones is 1. The van der Waals surface area contributed by atoms with Gasteiger partial charge in [-0.3, -0.25) is 4.79 Å². The van der Waals surface area contributed by atoms with Crippen molar-refractivity contribution in [3.8, 4) is 0 Å². The summed E-state index contributed by atoms with van der Waals surface area (Å²) >= 11 is 0. The number of hydrogen-bond donors (Lipinski definition) is 0. The molecule has 1 rings (SSSR count). The molecule has 1 fully saturated rings. The third-order valence-electron chi connectivity index (χ3n) is 3.16. The third kappa shape index (κ3) is 1.47. The van der Waals surface area contributed by atoms with Crippen LogP contribution in [0, 0.1) is 17.3 Å². The van der Waals surface area contributed by atoms with E-state index >= 15 is 0 Å². The van der Waals surface area contributed by atoms with E-state index in [1.165, 1.54) is 6.42 Å². The minimum absolute atomic E-state index is 0.0497. The highest BCUT2D eigenvalue weighted by Crippen LogP contribution is 2.38. The van der Waals surface area contributed by atoms with Gasteiger partial charge in [-0.2, -0.15) is 0 Å². The molecule has 0 amide bonds. The van der Waals surface area contributed by atoms with Crippen molar-refractivity contribution in [3.63, 3.8) is 0 Å². The Kier molecular flexibility index (Phi) is 2.08. The summed E-state index contributed by atoms with van der Waals surface area (Å²) in [5, 5.41) is 0. The average molecular weight is 154 g/mol. The first-order chi connectivity index (χ1) is 4.95. The van der Waals surface area contributed by atoms with E-state index in [-0.39, 0.29) is 11.3 Å². The molecule has 1 saturated carbocycles. The van der Waals surface area contributed by atoms with Crippen molar-refractivity contribution in [1.29, 1.82) is 0 Å². The first-order valence-corrected chi connectivity index (χ1v) is 4.49. The van der Waals surface area contributed by atoms with Gasteiger partial charge in [0.1, 0.15) is 5.78 Å². The molecule has 0 aromatic heterocycles. The van der Waals surface area contributed by atoms with Crippen LogP contribution in [0.3, 0.4) is 0 Å². The van der Waals surface area contributed by atoms with Gasteiger partial charge in [0.2, 0.25) is 0 Å². The Balaban J connectivity index is 2.76. The van der Waals surface area contributed by atoms with E-state index in [9.17, 15) is 4.79 Å². The summed E-state index contributed by atoms with van der Waals surface area (Å²) in [5.74, 6) is 1.32. The zero-order valence-electron chi connectivity index (χ0n) is 7.98. The molecule has 0 bridgehead atoms. The van der Waals surface area contributed by atoms with Gasteiger partial charge in [-0.15, -0.1) is 0 Å². The second-order valence-electron chi connectivity index (χ2n) is 4.55. The fourth-order valence-electron chi connectivity index (χ4n) is 1.84. The Morgan fingerprint density at radius 1 is 1.36 bits per heavy atom. The van der Waals surface area contributed by atoms with Gasteiger partial charge < -0.3 is 0 Å². The van der Waals surface area contributed by atoms with Crippen LogP contribution in [-0.2, 0) is 4.79 Å². The summed E-state index contributed by atoms with van der Waals surface area (Å²) < 4.78 is 0. The zero-order chi connectivity index (χ0) is 8.65. The first kappa shape index (κ1) is 8.76. The lowest BCUT2D eigenvalue weighted by Crippen LogP contribution is -2.37. The van der Waals surface area contributed by atoms with E-state index in [1.807, 2.05) is 0 Å². The summed E-state index contributed by atoms with van der Waals surface area (Å²) in [6, 6.07) is 0. The maximum absolute atomic E-state index is 11.7. The Labute approximate surface area is 69.2 Å². The SMILES string of the molecule is CC1CCC(C)(C)C(=O)C1C. The number of rotatable bonds is 0. The summed E-state index contributed by atoms with van der Waals surface area (Å²) in [6.07, 6.45) is 2.28. The van der Waals surface area contributed by atoms with E-state index in [2.05, 4.69) is 27.7 Å². The Hall–Kier alpha value is -0.330. The predicted octanol–water partition coefficient (Wildman–Crippen LogP) is 2.65. The van der Waals surface area contributed by atoms with Crippen LogP contribution in [0.5, 0.6) is 0 Å². The van der Waals surface area contributed by atoms with Crippen LogP contribution in [0.15, 0.2) is 0 Å². The lowest BCUT2D eigenvalue weighted by molar-refractivity contribution is -0.135. The topological polar surface area (TPSA) is 17.1 Å². The van der Waals surface area contributed by atoms with Crippen LogP contribution in [0.4, 0.5) is 0 Å². The monoisotopic (exact) mass is 154 g/mol. The van der Waals surface area contributed by atoms with Crippen molar-refractivity contribution >= 4 is 5.78 Å². The van der Waals surface area contributed by atoms with Crippen molar-refractivity contribution in [1.82, 2.24) is 0 Å². The summed E-state index contributed by atoms with van der Waals surface area (Å²) in [4.78, 5) is 11.7. The van der Waals surface area contributed by atoms with Crippen LogP contribution in [0.25, 0.3) is 0 Å². The highest BCUT2D eigenvalue weighted by atomic mass is 16.1. The fourth-order valence-corrected chi connectivity index (χ4v) is 1.84. The minimum Gasteiger partial charge on any atom is -0.299 e. The van der Waals surface area contributed by atoms with Gasteiger partial charge in [-0.05, 0) is 18.8 Å². The number of hydrogen-bond acceptors (Lipinski definition) is 1. The van der Waals surface area contributed by atoms with Gasteiger partial charge >= 0.3 is 0 Å². The van der Waals surface area contributed by atoms with Gasteiger partial charge in [-0.25, -0.2) is 0 Å². The summed E-state index contributed by atoms with van der Waals surface area (Å²) in [6.45, 7) is 8.38. The Bertz CT molecular complexity index is 170. The molecule has 0 spiro atoms. The Morgan fingerprint density at radius 2 is 1.91 bits per heavy atom. The molecule has 1 heteroatoms. The molecule has 0 heterocycles. The number of Topliss-reactive ketones (excluding diaryl/α,β-unsaturated/α-hetero) is 1. The van der Waals surface area contributed by atoms with Gasteiger partial charge in [0.25, 0.3) is 0 Å². The van der Waals surface area contributed by atoms with Crippen LogP contribution in [0.1, 0.15) is 40.5 Å². The molecule has 0 N–H and O–H groups in total. The first-order valence-electron chi connectivity index (χ1n) is 4.49. The normalized spacial score (nSPS) is 37.3. The Morgan fingerprint density at radius 3 is 2.36 bits per heavy atom. The van der Waals surface area contributed by atoms with E-state index in [4.69, 9.17) is 0 Å². The fraction of sp³-hybridized carbons (Fsp3) is 0.900. The molecule has 2 atom stereocenters.